The van der Waals surface area contributed by atoms with E-state index in [1.165, 1.54) is 0 Å². The third-order valence-electron chi connectivity index (χ3n) is 4.33. The molecule has 0 aliphatic carbocycles. The van der Waals surface area contributed by atoms with E-state index in [1.807, 2.05) is 0 Å². The Balaban J connectivity index is 3.84. The maximum absolute atomic E-state index is 11.8. The third kappa shape index (κ3) is 18.6. The molecule has 0 aliphatic rings. The van der Waals surface area contributed by atoms with Gasteiger partial charge in [-0.1, -0.05) is 12.8 Å². The smallest absolute Gasteiger partial charge is 0.306 e. The van der Waals surface area contributed by atoms with Crippen molar-refractivity contribution in [3.63, 3.8) is 0 Å². The number of carbonyl (C=O) groups is 4. The van der Waals surface area contributed by atoms with E-state index >= 15 is 0 Å². The van der Waals surface area contributed by atoms with E-state index in [2.05, 4.69) is 0 Å². The molecular formula is C22H40N2O8. The van der Waals surface area contributed by atoms with Crippen molar-refractivity contribution in [2.45, 2.75) is 90.3 Å². The Labute approximate surface area is 190 Å². The molecule has 2 atom stereocenters. The molecule has 0 aliphatic heterocycles. The van der Waals surface area contributed by atoms with Crippen molar-refractivity contribution in [1.82, 2.24) is 0 Å². The monoisotopic (exact) mass is 460 g/mol. The van der Waals surface area contributed by atoms with Crippen LogP contribution in [0.25, 0.3) is 0 Å². The number of hydrogen-bond donors (Lipinski definition) is 2. The van der Waals surface area contributed by atoms with Gasteiger partial charge < -0.3 is 30.4 Å². The van der Waals surface area contributed by atoms with Gasteiger partial charge >= 0.3 is 23.9 Å². The zero-order valence-corrected chi connectivity index (χ0v) is 19.5. The van der Waals surface area contributed by atoms with E-state index < -0.39 is 24.1 Å². The van der Waals surface area contributed by atoms with Crippen molar-refractivity contribution in [2.24, 2.45) is 11.5 Å². The van der Waals surface area contributed by atoms with Crippen LogP contribution in [-0.2, 0) is 38.1 Å². The van der Waals surface area contributed by atoms with Crippen molar-refractivity contribution in [3.05, 3.63) is 0 Å². The lowest BCUT2D eigenvalue weighted by Crippen LogP contribution is -2.24. The number of ether oxygens (including phenoxy) is 4. The molecule has 10 heteroatoms. The first-order chi connectivity index (χ1) is 15.3. The second-order valence-corrected chi connectivity index (χ2v) is 7.67. The van der Waals surface area contributed by atoms with Gasteiger partial charge in [-0.25, -0.2) is 0 Å². The predicted octanol–water partition coefficient (Wildman–Crippen LogP) is 1.75. The molecule has 4 N–H and O–H groups in total. The summed E-state index contributed by atoms with van der Waals surface area (Å²) in [4.78, 5) is 46.8. The van der Waals surface area contributed by atoms with Gasteiger partial charge in [-0.05, 0) is 52.6 Å². The highest BCUT2D eigenvalue weighted by atomic mass is 16.6. The van der Waals surface area contributed by atoms with E-state index in [0.717, 1.165) is 25.7 Å². The fourth-order valence-electron chi connectivity index (χ4n) is 2.58. The van der Waals surface area contributed by atoms with Gasteiger partial charge in [0.2, 0.25) is 0 Å². The molecule has 0 heterocycles. The fourth-order valence-corrected chi connectivity index (χ4v) is 2.58. The van der Waals surface area contributed by atoms with Crippen molar-refractivity contribution in [2.75, 3.05) is 26.3 Å². The second kappa shape index (κ2) is 19.5. The topological polar surface area (TPSA) is 157 Å². The van der Waals surface area contributed by atoms with Crippen molar-refractivity contribution in [1.29, 1.82) is 0 Å². The fraction of sp³-hybridized carbons (Fsp3) is 0.818. The Morgan fingerprint density at radius 2 is 0.938 bits per heavy atom. The molecule has 0 radical (unpaired) electrons. The van der Waals surface area contributed by atoms with Crippen LogP contribution in [0.4, 0.5) is 0 Å². The van der Waals surface area contributed by atoms with Crippen molar-refractivity contribution < 1.29 is 38.1 Å². The van der Waals surface area contributed by atoms with Gasteiger partial charge in [0.15, 0.2) is 0 Å². The van der Waals surface area contributed by atoms with Gasteiger partial charge in [0.05, 0.1) is 12.8 Å². The Hall–Kier alpha value is -2.20. The summed E-state index contributed by atoms with van der Waals surface area (Å²) in [6, 6.07) is 0. The molecule has 0 rings (SSSR count). The Morgan fingerprint density at radius 1 is 0.562 bits per heavy atom. The van der Waals surface area contributed by atoms with Crippen molar-refractivity contribution >= 4 is 23.9 Å². The standard InChI is InChI=1S/C22H40N2O8/c1-17(31-21(27)9-5-3-7-13-23)15-29-19(25)11-12-20(26)30-16-18(2)32-22(28)10-6-4-8-14-24/h17-18H,3-16,23-24H2,1-2H3. The summed E-state index contributed by atoms with van der Waals surface area (Å²) in [6.45, 7) is 4.27. The molecule has 0 aromatic carbocycles. The molecule has 0 aromatic heterocycles. The average molecular weight is 461 g/mol. The largest absolute Gasteiger partial charge is 0.462 e. The Bertz CT molecular complexity index is 508. The molecule has 2 unspecified atom stereocenters. The molecule has 186 valence electrons. The van der Waals surface area contributed by atoms with Gasteiger partial charge in [-0.3, -0.25) is 19.2 Å². The number of unbranched alkanes of at least 4 members (excludes halogenated alkanes) is 4. The maximum Gasteiger partial charge on any atom is 0.306 e. The summed E-state index contributed by atoms with van der Waals surface area (Å²) in [5.74, 6) is -1.88. The number of nitrogens with two attached hydrogens (primary N) is 2. The van der Waals surface area contributed by atoms with Crippen LogP contribution in [0.15, 0.2) is 0 Å². The summed E-state index contributed by atoms with van der Waals surface area (Å²) < 4.78 is 20.3. The molecule has 0 saturated heterocycles. The van der Waals surface area contributed by atoms with Crippen LogP contribution in [-0.4, -0.2) is 62.4 Å². The lowest BCUT2D eigenvalue weighted by atomic mass is 10.2. The van der Waals surface area contributed by atoms with Gasteiger partial charge in [-0.15, -0.1) is 0 Å². The minimum atomic E-state index is -0.593. The van der Waals surface area contributed by atoms with Crippen LogP contribution in [0.1, 0.15) is 78.1 Å². The normalized spacial score (nSPS) is 12.5. The lowest BCUT2D eigenvalue weighted by molar-refractivity contribution is -0.161. The molecule has 0 spiro atoms. The van der Waals surface area contributed by atoms with E-state index in [9.17, 15) is 19.2 Å². The zero-order chi connectivity index (χ0) is 24.2. The predicted molar refractivity (Wildman–Crippen MR) is 117 cm³/mol. The summed E-state index contributed by atoms with van der Waals surface area (Å²) >= 11 is 0. The average Bonchev–Trinajstić information content (AvgIpc) is 2.75. The third-order valence-corrected chi connectivity index (χ3v) is 4.33. The van der Waals surface area contributed by atoms with E-state index in [1.54, 1.807) is 13.8 Å². The summed E-state index contributed by atoms with van der Waals surface area (Å²) in [6.07, 6.45) is 4.00. The molecule has 0 bridgehead atoms. The first-order valence-corrected chi connectivity index (χ1v) is 11.4. The van der Waals surface area contributed by atoms with E-state index in [0.29, 0.717) is 38.8 Å². The van der Waals surface area contributed by atoms with Crippen LogP contribution < -0.4 is 11.5 Å². The minimum absolute atomic E-state index is 0.0827. The van der Waals surface area contributed by atoms with Gasteiger partial charge in [-0.2, -0.15) is 0 Å². The molecule has 0 fully saturated rings. The van der Waals surface area contributed by atoms with Crippen LogP contribution in [0, 0.1) is 0 Å². The quantitative estimate of drug-likeness (QED) is 0.165. The zero-order valence-electron chi connectivity index (χ0n) is 19.5. The molecular weight excluding hydrogens is 420 g/mol. The lowest BCUT2D eigenvalue weighted by Gasteiger charge is -2.14. The Morgan fingerprint density at radius 3 is 1.28 bits per heavy atom. The second-order valence-electron chi connectivity index (χ2n) is 7.67. The highest BCUT2D eigenvalue weighted by Crippen LogP contribution is 2.06. The summed E-state index contributed by atoms with van der Waals surface area (Å²) in [7, 11) is 0. The Kier molecular flexibility index (Phi) is 18.1. The molecule has 32 heavy (non-hydrogen) atoms. The molecule has 10 nitrogen and oxygen atoms in total. The SMILES string of the molecule is CC(COC(=O)CCC(=O)OCC(C)OC(=O)CCCCCN)OC(=O)CCCCCN. The number of esters is 4. The van der Waals surface area contributed by atoms with Crippen molar-refractivity contribution in [3.8, 4) is 0 Å². The van der Waals surface area contributed by atoms with Gasteiger partial charge in [0.25, 0.3) is 0 Å². The minimum Gasteiger partial charge on any atom is -0.462 e. The van der Waals surface area contributed by atoms with Crippen LogP contribution in [0.2, 0.25) is 0 Å². The summed E-state index contributed by atoms with van der Waals surface area (Å²) in [5, 5.41) is 0. The van der Waals surface area contributed by atoms with Crippen LogP contribution in [0.3, 0.4) is 0 Å². The first kappa shape index (κ1) is 29.8. The maximum atomic E-state index is 11.8. The van der Waals surface area contributed by atoms with Gasteiger partial charge in [0, 0.05) is 12.8 Å². The van der Waals surface area contributed by atoms with Crippen LogP contribution >= 0.6 is 0 Å². The highest BCUT2D eigenvalue weighted by molar-refractivity contribution is 5.77. The van der Waals surface area contributed by atoms with Crippen LogP contribution in [0.5, 0.6) is 0 Å². The number of carbonyl (C=O) groups excluding carboxylic acids is 4. The first-order valence-electron chi connectivity index (χ1n) is 11.4. The molecule has 0 saturated carbocycles. The highest BCUT2D eigenvalue weighted by Gasteiger charge is 2.15. The summed E-state index contributed by atoms with van der Waals surface area (Å²) in [5.41, 5.74) is 10.8. The van der Waals surface area contributed by atoms with Gasteiger partial charge in [0.1, 0.15) is 25.4 Å². The van der Waals surface area contributed by atoms with E-state index in [4.69, 9.17) is 30.4 Å². The number of hydrogen-bond acceptors (Lipinski definition) is 10. The molecule has 0 amide bonds. The van der Waals surface area contributed by atoms with E-state index in [-0.39, 0.29) is 38.0 Å². The molecule has 0 aromatic rings. The number of rotatable bonds is 19.